The quantitative estimate of drug-likeness (QED) is 0.669. The Hall–Kier alpha value is -2.54. The fourth-order valence-electron chi connectivity index (χ4n) is 1.73. The first-order valence-electron chi connectivity index (χ1n) is 6.01. The van der Waals surface area contributed by atoms with Crippen molar-refractivity contribution in [2.24, 2.45) is 5.73 Å². The predicted octanol–water partition coefficient (Wildman–Crippen LogP) is 2.15. The lowest BCUT2D eigenvalue weighted by Gasteiger charge is -2.10. The van der Waals surface area contributed by atoms with Gasteiger partial charge < -0.3 is 22.3 Å². The maximum absolute atomic E-state index is 8.78. The molecule has 7 nitrogen and oxygen atoms in total. The number of amides is 1. The second-order valence-corrected chi connectivity index (χ2v) is 4.42. The molecule has 1 aromatic carbocycles. The summed E-state index contributed by atoms with van der Waals surface area (Å²) in [6, 6.07) is 7.41. The van der Waals surface area contributed by atoms with Gasteiger partial charge in [0.05, 0.1) is 5.69 Å². The number of primary amides is 1. The maximum atomic E-state index is 8.78. The van der Waals surface area contributed by atoms with Crippen LogP contribution in [-0.4, -0.2) is 21.2 Å². The Kier molecular flexibility index (Phi) is 5.74. The summed E-state index contributed by atoms with van der Waals surface area (Å²) in [5.74, 6) is 0.605. The topological polar surface area (TPSA) is 141 Å². The Morgan fingerprint density at radius 3 is 2.24 bits per heavy atom. The first-order chi connectivity index (χ1) is 9.85. The monoisotopic (exact) mass is 309 g/mol. The van der Waals surface area contributed by atoms with Crippen LogP contribution in [0.3, 0.4) is 0 Å². The van der Waals surface area contributed by atoms with E-state index in [1.54, 1.807) is 0 Å². The van der Waals surface area contributed by atoms with Crippen molar-refractivity contribution in [3.63, 3.8) is 0 Å². The van der Waals surface area contributed by atoms with Gasteiger partial charge in [-0.1, -0.05) is 30.7 Å². The van der Waals surface area contributed by atoms with Crippen molar-refractivity contribution >= 4 is 29.5 Å². The molecule has 0 atom stereocenters. The molecular formula is C13H16ClN5O2. The van der Waals surface area contributed by atoms with Crippen molar-refractivity contribution in [3.8, 4) is 11.1 Å². The normalized spacial score (nSPS) is 9.62. The number of halogens is 1. The highest BCUT2D eigenvalue weighted by atomic mass is 35.5. The number of aromatic nitrogens is 2. The molecule has 0 saturated heterocycles. The molecule has 1 heterocycles. The number of carbonyl (C=O) groups is 1. The Balaban J connectivity index is 0.000000491. The van der Waals surface area contributed by atoms with Gasteiger partial charge in [-0.05, 0) is 24.1 Å². The SMILES string of the molecule is CCc1nc(N)nc(N)c1-c1ccc(Cl)cc1.NC(=O)O. The molecule has 2 aromatic rings. The fraction of sp³-hybridized carbons (Fsp3) is 0.154. The molecule has 0 saturated carbocycles. The molecule has 0 aliphatic heterocycles. The average molecular weight is 310 g/mol. The predicted molar refractivity (Wildman–Crippen MR) is 82.9 cm³/mol. The maximum Gasteiger partial charge on any atom is 0.402 e. The van der Waals surface area contributed by atoms with E-state index in [0.717, 1.165) is 23.2 Å². The zero-order valence-corrected chi connectivity index (χ0v) is 12.1. The van der Waals surface area contributed by atoms with E-state index in [4.69, 9.17) is 33.0 Å². The minimum Gasteiger partial charge on any atom is -0.465 e. The molecule has 0 spiro atoms. The van der Waals surface area contributed by atoms with Crippen LogP contribution in [0.5, 0.6) is 0 Å². The van der Waals surface area contributed by atoms with Gasteiger partial charge in [0, 0.05) is 10.6 Å². The van der Waals surface area contributed by atoms with Crippen LogP contribution in [0.1, 0.15) is 12.6 Å². The first kappa shape index (κ1) is 16.5. The summed E-state index contributed by atoms with van der Waals surface area (Å²) >= 11 is 5.86. The lowest BCUT2D eigenvalue weighted by molar-refractivity contribution is 0.205. The molecule has 8 heteroatoms. The highest BCUT2D eigenvalue weighted by Gasteiger charge is 2.11. The Morgan fingerprint density at radius 1 is 1.24 bits per heavy atom. The molecule has 1 amide bonds. The van der Waals surface area contributed by atoms with Gasteiger partial charge in [0.2, 0.25) is 5.95 Å². The number of hydrogen-bond donors (Lipinski definition) is 4. The summed E-state index contributed by atoms with van der Waals surface area (Å²) < 4.78 is 0. The lowest BCUT2D eigenvalue weighted by atomic mass is 10.0. The Labute approximate surface area is 126 Å². The number of nitrogens with zero attached hydrogens (tertiary/aromatic N) is 2. The van der Waals surface area contributed by atoms with Crippen molar-refractivity contribution in [1.29, 1.82) is 0 Å². The summed E-state index contributed by atoms with van der Waals surface area (Å²) in [5.41, 5.74) is 18.1. The van der Waals surface area contributed by atoms with Crippen LogP contribution >= 0.6 is 11.6 Å². The number of hydrogen-bond acceptors (Lipinski definition) is 5. The lowest BCUT2D eigenvalue weighted by Crippen LogP contribution is -2.06. The van der Waals surface area contributed by atoms with Crippen molar-refractivity contribution in [2.75, 3.05) is 11.5 Å². The van der Waals surface area contributed by atoms with Crippen LogP contribution in [0, 0.1) is 0 Å². The second kappa shape index (κ2) is 7.30. The van der Waals surface area contributed by atoms with Gasteiger partial charge >= 0.3 is 6.09 Å². The third-order valence-corrected chi connectivity index (χ3v) is 2.75. The molecule has 21 heavy (non-hydrogen) atoms. The fourth-order valence-corrected chi connectivity index (χ4v) is 1.86. The number of benzene rings is 1. The van der Waals surface area contributed by atoms with E-state index in [1.165, 1.54) is 0 Å². The summed E-state index contributed by atoms with van der Waals surface area (Å²) in [6.07, 6.45) is -0.588. The van der Waals surface area contributed by atoms with Crippen LogP contribution in [0.15, 0.2) is 24.3 Å². The number of nitrogens with two attached hydrogens (primary N) is 3. The minimum absolute atomic E-state index is 0.206. The van der Waals surface area contributed by atoms with Gasteiger partial charge in [0.1, 0.15) is 5.82 Å². The molecule has 1 aromatic heterocycles. The smallest absolute Gasteiger partial charge is 0.402 e. The molecule has 0 radical (unpaired) electrons. The van der Waals surface area contributed by atoms with Gasteiger partial charge in [-0.15, -0.1) is 0 Å². The molecule has 0 aliphatic rings. The van der Waals surface area contributed by atoms with Crippen molar-refractivity contribution in [1.82, 2.24) is 9.97 Å². The molecule has 0 aliphatic carbocycles. The summed E-state index contributed by atoms with van der Waals surface area (Å²) in [5, 5.41) is 7.88. The van der Waals surface area contributed by atoms with Gasteiger partial charge in [-0.3, -0.25) is 0 Å². The third kappa shape index (κ3) is 4.81. The van der Waals surface area contributed by atoms with E-state index in [9.17, 15) is 0 Å². The van der Waals surface area contributed by atoms with Gasteiger partial charge in [0.15, 0.2) is 0 Å². The van der Waals surface area contributed by atoms with Gasteiger partial charge in [0.25, 0.3) is 0 Å². The summed E-state index contributed by atoms with van der Waals surface area (Å²) in [4.78, 5) is 17.0. The number of carboxylic acid groups (broad SMARTS) is 1. The van der Waals surface area contributed by atoms with Crippen LogP contribution < -0.4 is 17.2 Å². The second-order valence-electron chi connectivity index (χ2n) is 3.99. The van der Waals surface area contributed by atoms with E-state index >= 15 is 0 Å². The highest BCUT2D eigenvalue weighted by Crippen LogP contribution is 2.29. The van der Waals surface area contributed by atoms with Crippen LogP contribution in [0.25, 0.3) is 11.1 Å². The van der Waals surface area contributed by atoms with Gasteiger partial charge in [-0.2, -0.15) is 4.98 Å². The molecule has 0 unspecified atom stereocenters. The molecular weight excluding hydrogens is 294 g/mol. The first-order valence-corrected chi connectivity index (χ1v) is 6.39. The number of anilines is 2. The summed E-state index contributed by atoms with van der Waals surface area (Å²) in [6.45, 7) is 2.00. The van der Waals surface area contributed by atoms with Crippen molar-refractivity contribution < 1.29 is 9.90 Å². The van der Waals surface area contributed by atoms with Crippen molar-refractivity contribution in [3.05, 3.63) is 35.0 Å². The summed E-state index contributed by atoms with van der Waals surface area (Å²) in [7, 11) is 0. The zero-order chi connectivity index (χ0) is 16.0. The molecule has 0 bridgehead atoms. The number of nitrogen functional groups attached to an aromatic ring is 2. The van der Waals surface area contributed by atoms with E-state index in [0.29, 0.717) is 10.8 Å². The zero-order valence-electron chi connectivity index (χ0n) is 11.4. The van der Waals surface area contributed by atoms with Crippen LogP contribution in [0.2, 0.25) is 5.02 Å². The van der Waals surface area contributed by atoms with Crippen molar-refractivity contribution in [2.45, 2.75) is 13.3 Å². The van der Waals surface area contributed by atoms with E-state index in [-0.39, 0.29) is 5.95 Å². The van der Waals surface area contributed by atoms with Gasteiger partial charge in [-0.25, -0.2) is 9.78 Å². The van der Waals surface area contributed by atoms with Crippen LogP contribution in [-0.2, 0) is 6.42 Å². The minimum atomic E-state index is -1.33. The standard InChI is InChI=1S/C12H13ClN4.CH3NO2/c1-2-9-10(11(14)17-12(15)16-9)7-3-5-8(13)6-4-7;2-1(3)4/h3-6H,2H2,1H3,(H4,14,15,16,17);2H2,(H,3,4). The molecule has 0 fully saturated rings. The number of aryl methyl sites for hydroxylation is 1. The van der Waals surface area contributed by atoms with E-state index < -0.39 is 6.09 Å². The largest absolute Gasteiger partial charge is 0.465 e. The van der Waals surface area contributed by atoms with Crippen LogP contribution in [0.4, 0.5) is 16.6 Å². The Bertz CT molecular complexity index is 627. The van der Waals surface area contributed by atoms with E-state index in [1.807, 2.05) is 31.2 Å². The highest BCUT2D eigenvalue weighted by molar-refractivity contribution is 6.30. The molecule has 2 rings (SSSR count). The number of rotatable bonds is 2. The third-order valence-electron chi connectivity index (χ3n) is 2.50. The average Bonchev–Trinajstić information content (AvgIpc) is 2.38. The van der Waals surface area contributed by atoms with E-state index in [2.05, 4.69) is 15.7 Å². The molecule has 112 valence electrons. The Morgan fingerprint density at radius 2 is 1.76 bits per heavy atom. The molecule has 7 N–H and O–H groups in total.